The number of carbonyl (C=O) groups is 1. The van der Waals surface area contributed by atoms with Crippen LogP contribution in [0.15, 0.2) is 30.3 Å². The lowest BCUT2D eigenvalue weighted by Gasteiger charge is -2.31. The Labute approximate surface area is 121 Å². The van der Waals surface area contributed by atoms with Gasteiger partial charge in [-0.25, -0.2) is 0 Å². The second-order valence-corrected chi connectivity index (χ2v) is 5.43. The molecule has 0 radical (unpaired) electrons. The van der Waals surface area contributed by atoms with Crippen molar-refractivity contribution in [3.8, 4) is 0 Å². The van der Waals surface area contributed by atoms with Gasteiger partial charge < -0.3 is 10.6 Å². The zero-order valence-corrected chi connectivity index (χ0v) is 11.6. The summed E-state index contributed by atoms with van der Waals surface area (Å²) in [6.07, 6.45) is -3.67. The number of carbonyl (C=O) groups excluding carboxylic acids is 1. The first kappa shape index (κ1) is 15.8. The highest BCUT2D eigenvalue weighted by Crippen LogP contribution is 2.37. The minimum absolute atomic E-state index is 0.0431. The maximum absolute atomic E-state index is 13.2. The molecule has 0 bridgehead atoms. The summed E-state index contributed by atoms with van der Waals surface area (Å²) in [5, 5.41) is 0. The average Bonchev–Trinajstić information content (AvgIpc) is 2.45. The smallest absolute Gasteiger partial charge is 0.343 e. The lowest BCUT2D eigenvalue weighted by atomic mass is 9.94. The Morgan fingerprint density at radius 2 is 1.81 bits per heavy atom. The molecule has 1 atom stereocenters. The fraction of sp³-hybridized carbons (Fsp3) is 0.533. The second-order valence-electron chi connectivity index (χ2n) is 5.43. The van der Waals surface area contributed by atoms with Crippen molar-refractivity contribution >= 4 is 5.91 Å². The Kier molecular flexibility index (Phi) is 4.88. The van der Waals surface area contributed by atoms with Crippen LogP contribution in [-0.2, 0) is 4.79 Å². The highest BCUT2D eigenvalue weighted by atomic mass is 19.4. The quantitative estimate of drug-likeness (QED) is 0.933. The van der Waals surface area contributed by atoms with Gasteiger partial charge in [-0.15, -0.1) is 0 Å². The molecule has 3 nitrogen and oxygen atoms in total. The third-order valence-electron chi connectivity index (χ3n) is 3.87. The zero-order valence-electron chi connectivity index (χ0n) is 11.6. The number of nitrogens with zero attached hydrogens (tertiary/aromatic N) is 1. The van der Waals surface area contributed by atoms with E-state index in [1.807, 2.05) is 0 Å². The number of likely N-dealkylation sites (tertiary alicyclic amines) is 1. The summed E-state index contributed by atoms with van der Waals surface area (Å²) in [4.78, 5) is 13.6. The van der Waals surface area contributed by atoms with Crippen LogP contribution in [0, 0.1) is 0 Å². The Hall–Kier alpha value is -1.56. The number of halogens is 3. The van der Waals surface area contributed by atoms with E-state index >= 15 is 0 Å². The van der Waals surface area contributed by atoms with Crippen LogP contribution in [0.1, 0.15) is 30.7 Å². The number of piperidine rings is 1. The first-order valence-corrected chi connectivity index (χ1v) is 7.03. The average molecular weight is 300 g/mol. The van der Waals surface area contributed by atoms with Gasteiger partial charge in [0.2, 0.25) is 5.91 Å². The van der Waals surface area contributed by atoms with Crippen molar-refractivity contribution in [2.24, 2.45) is 5.73 Å². The van der Waals surface area contributed by atoms with Crippen molar-refractivity contribution < 1.29 is 18.0 Å². The molecule has 0 aliphatic carbocycles. The molecule has 1 aromatic carbocycles. The van der Waals surface area contributed by atoms with Crippen LogP contribution in [0.4, 0.5) is 13.2 Å². The summed E-state index contributed by atoms with van der Waals surface area (Å²) in [6, 6.07) is 7.64. The van der Waals surface area contributed by atoms with Gasteiger partial charge in [0.15, 0.2) is 0 Å². The highest BCUT2D eigenvalue weighted by Gasteiger charge is 2.42. The number of alkyl halides is 3. The molecule has 0 aromatic heterocycles. The van der Waals surface area contributed by atoms with Crippen LogP contribution in [0.2, 0.25) is 0 Å². The van der Waals surface area contributed by atoms with Crippen molar-refractivity contribution in [1.29, 1.82) is 0 Å². The molecule has 1 aliphatic rings. The molecule has 1 unspecified atom stereocenters. The van der Waals surface area contributed by atoms with Gasteiger partial charge in [0.05, 0.1) is 5.92 Å². The predicted octanol–water partition coefficient (Wildman–Crippen LogP) is 2.67. The van der Waals surface area contributed by atoms with Crippen LogP contribution in [-0.4, -0.2) is 36.1 Å². The van der Waals surface area contributed by atoms with E-state index in [1.54, 1.807) is 18.2 Å². The first-order valence-electron chi connectivity index (χ1n) is 7.03. The summed E-state index contributed by atoms with van der Waals surface area (Å²) >= 11 is 0. The normalized spacial score (nSPS) is 18.6. The topological polar surface area (TPSA) is 46.3 Å². The monoisotopic (exact) mass is 300 g/mol. The van der Waals surface area contributed by atoms with Gasteiger partial charge in [-0.3, -0.25) is 4.79 Å². The van der Waals surface area contributed by atoms with Crippen LogP contribution in [0.5, 0.6) is 0 Å². The van der Waals surface area contributed by atoms with E-state index in [9.17, 15) is 18.0 Å². The molecule has 1 aromatic rings. The summed E-state index contributed by atoms with van der Waals surface area (Å²) in [5.74, 6) is -2.20. The maximum atomic E-state index is 13.2. The number of benzene rings is 1. The lowest BCUT2D eigenvalue weighted by Crippen LogP contribution is -2.43. The third kappa shape index (κ3) is 4.20. The zero-order chi connectivity index (χ0) is 15.5. The van der Waals surface area contributed by atoms with E-state index in [-0.39, 0.29) is 11.6 Å². The molecule has 0 spiro atoms. The van der Waals surface area contributed by atoms with Crippen LogP contribution < -0.4 is 5.73 Å². The Balaban J connectivity index is 2.07. The number of amides is 1. The minimum atomic E-state index is -4.43. The SMILES string of the molecule is NC1CCN(C(=O)CC(c2ccccc2)C(F)(F)F)CC1. The Bertz CT molecular complexity index is 468. The van der Waals surface area contributed by atoms with Gasteiger partial charge in [0.25, 0.3) is 0 Å². The fourth-order valence-electron chi connectivity index (χ4n) is 2.56. The van der Waals surface area contributed by atoms with E-state index in [1.165, 1.54) is 17.0 Å². The molecule has 21 heavy (non-hydrogen) atoms. The molecule has 2 N–H and O–H groups in total. The molecular formula is C15H19F3N2O. The second kappa shape index (κ2) is 6.47. The molecular weight excluding hydrogens is 281 g/mol. The Morgan fingerprint density at radius 1 is 1.24 bits per heavy atom. The van der Waals surface area contributed by atoms with Gasteiger partial charge in [-0.2, -0.15) is 13.2 Å². The molecule has 1 amide bonds. The Morgan fingerprint density at radius 3 is 2.33 bits per heavy atom. The number of nitrogens with two attached hydrogens (primary N) is 1. The first-order chi connectivity index (χ1) is 9.88. The minimum Gasteiger partial charge on any atom is -0.343 e. The van der Waals surface area contributed by atoms with Gasteiger partial charge in [0.1, 0.15) is 0 Å². The van der Waals surface area contributed by atoms with Gasteiger partial charge in [0, 0.05) is 25.6 Å². The molecule has 2 rings (SSSR count). The highest BCUT2D eigenvalue weighted by molar-refractivity contribution is 5.77. The van der Waals surface area contributed by atoms with Gasteiger partial charge in [-0.05, 0) is 18.4 Å². The van der Waals surface area contributed by atoms with Crippen molar-refractivity contribution in [1.82, 2.24) is 4.90 Å². The van der Waals surface area contributed by atoms with Crippen molar-refractivity contribution in [2.75, 3.05) is 13.1 Å². The van der Waals surface area contributed by atoms with E-state index in [4.69, 9.17) is 5.73 Å². The summed E-state index contributed by atoms with van der Waals surface area (Å²) in [6.45, 7) is 0.888. The third-order valence-corrected chi connectivity index (χ3v) is 3.87. The van der Waals surface area contributed by atoms with Crippen molar-refractivity contribution in [3.63, 3.8) is 0 Å². The summed E-state index contributed by atoms with van der Waals surface area (Å²) in [7, 11) is 0. The van der Waals surface area contributed by atoms with Crippen LogP contribution in [0.25, 0.3) is 0 Å². The maximum Gasteiger partial charge on any atom is 0.396 e. The largest absolute Gasteiger partial charge is 0.396 e. The molecule has 6 heteroatoms. The molecule has 1 heterocycles. The van der Waals surface area contributed by atoms with E-state index < -0.39 is 24.4 Å². The lowest BCUT2D eigenvalue weighted by molar-refractivity contribution is -0.161. The molecule has 1 saturated heterocycles. The van der Waals surface area contributed by atoms with Gasteiger partial charge >= 0.3 is 6.18 Å². The van der Waals surface area contributed by atoms with Crippen LogP contribution in [0.3, 0.4) is 0 Å². The van der Waals surface area contributed by atoms with Gasteiger partial charge in [-0.1, -0.05) is 30.3 Å². The molecule has 1 fully saturated rings. The van der Waals surface area contributed by atoms with Crippen LogP contribution >= 0.6 is 0 Å². The molecule has 0 saturated carbocycles. The number of hydrogen-bond donors (Lipinski definition) is 1. The molecule has 116 valence electrons. The summed E-state index contributed by atoms with van der Waals surface area (Å²) in [5.41, 5.74) is 5.87. The van der Waals surface area contributed by atoms with E-state index in [0.29, 0.717) is 25.9 Å². The van der Waals surface area contributed by atoms with E-state index in [2.05, 4.69) is 0 Å². The van der Waals surface area contributed by atoms with Crippen molar-refractivity contribution in [2.45, 2.75) is 37.4 Å². The summed E-state index contributed by atoms with van der Waals surface area (Å²) < 4.78 is 39.6. The van der Waals surface area contributed by atoms with Crippen molar-refractivity contribution in [3.05, 3.63) is 35.9 Å². The standard InChI is InChI=1S/C15H19F3N2O/c16-15(17,18)13(11-4-2-1-3-5-11)10-14(21)20-8-6-12(19)7-9-20/h1-5,12-13H,6-10,19H2. The van der Waals surface area contributed by atoms with E-state index in [0.717, 1.165) is 0 Å². The number of hydrogen-bond acceptors (Lipinski definition) is 2. The number of rotatable bonds is 3. The molecule has 1 aliphatic heterocycles. The predicted molar refractivity (Wildman–Crippen MR) is 73.6 cm³/mol. The fourth-order valence-corrected chi connectivity index (χ4v) is 2.56.